The molecule has 0 aliphatic heterocycles. The summed E-state index contributed by atoms with van der Waals surface area (Å²) < 4.78 is 0. The van der Waals surface area contributed by atoms with Crippen LogP contribution in [0.25, 0.3) is 0 Å². The second-order valence-electron chi connectivity index (χ2n) is 6.06. The SMILES string of the molecule is CN(C(=O)C1CCCCCC1)C1CCCCC1O. The predicted octanol–water partition coefficient (Wildman–Crippen LogP) is 2.72. The van der Waals surface area contributed by atoms with Crippen LogP contribution in [-0.2, 0) is 4.79 Å². The minimum atomic E-state index is -0.307. The third kappa shape index (κ3) is 3.25. The third-order valence-electron chi connectivity index (χ3n) is 4.74. The summed E-state index contributed by atoms with van der Waals surface area (Å²) >= 11 is 0. The zero-order valence-electron chi connectivity index (χ0n) is 11.6. The molecule has 1 amide bonds. The van der Waals surface area contributed by atoms with Crippen molar-refractivity contribution >= 4 is 5.91 Å². The van der Waals surface area contributed by atoms with Crippen LogP contribution in [0.2, 0.25) is 0 Å². The summed E-state index contributed by atoms with van der Waals surface area (Å²) in [7, 11) is 1.90. The van der Waals surface area contributed by atoms with Crippen molar-refractivity contribution < 1.29 is 9.90 Å². The lowest BCUT2D eigenvalue weighted by atomic mass is 9.90. The molecular formula is C15H27NO2. The summed E-state index contributed by atoms with van der Waals surface area (Å²) in [4.78, 5) is 14.4. The van der Waals surface area contributed by atoms with Gasteiger partial charge in [-0.1, -0.05) is 38.5 Å². The summed E-state index contributed by atoms with van der Waals surface area (Å²) in [5.74, 6) is 0.495. The molecule has 0 aromatic carbocycles. The molecule has 0 saturated heterocycles. The van der Waals surface area contributed by atoms with Crippen LogP contribution in [0.1, 0.15) is 64.2 Å². The van der Waals surface area contributed by atoms with E-state index in [0.29, 0.717) is 0 Å². The van der Waals surface area contributed by atoms with Crippen LogP contribution in [0.4, 0.5) is 0 Å². The molecule has 2 aliphatic carbocycles. The second-order valence-corrected chi connectivity index (χ2v) is 6.06. The molecule has 2 fully saturated rings. The molecule has 2 atom stereocenters. The van der Waals surface area contributed by atoms with E-state index < -0.39 is 0 Å². The molecule has 0 spiro atoms. The Bertz CT molecular complexity index is 272. The van der Waals surface area contributed by atoms with E-state index in [0.717, 1.165) is 38.5 Å². The van der Waals surface area contributed by atoms with Gasteiger partial charge in [0.15, 0.2) is 0 Å². The zero-order chi connectivity index (χ0) is 13.0. The topological polar surface area (TPSA) is 40.5 Å². The highest BCUT2D eigenvalue weighted by Crippen LogP contribution is 2.28. The Kier molecular flexibility index (Phi) is 5.04. The number of hydrogen-bond donors (Lipinski definition) is 1. The lowest BCUT2D eigenvalue weighted by Crippen LogP contribution is -2.48. The van der Waals surface area contributed by atoms with Crippen LogP contribution < -0.4 is 0 Å². The molecule has 3 heteroatoms. The van der Waals surface area contributed by atoms with E-state index in [1.54, 1.807) is 0 Å². The largest absolute Gasteiger partial charge is 0.391 e. The minimum Gasteiger partial charge on any atom is -0.391 e. The lowest BCUT2D eigenvalue weighted by molar-refractivity contribution is -0.140. The third-order valence-corrected chi connectivity index (χ3v) is 4.74. The summed E-state index contributed by atoms with van der Waals surface area (Å²) in [5, 5.41) is 10.0. The zero-order valence-corrected chi connectivity index (χ0v) is 11.6. The van der Waals surface area contributed by atoms with E-state index in [4.69, 9.17) is 0 Å². The first-order chi connectivity index (χ1) is 8.70. The number of aliphatic hydroxyl groups is 1. The molecule has 0 heterocycles. The number of hydrogen-bond acceptors (Lipinski definition) is 2. The van der Waals surface area contributed by atoms with Gasteiger partial charge >= 0.3 is 0 Å². The van der Waals surface area contributed by atoms with Crippen LogP contribution >= 0.6 is 0 Å². The van der Waals surface area contributed by atoms with Crippen molar-refractivity contribution in [3.63, 3.8) is 0 Å². The maximum absolute atomic E-state index is 12.5. The van der Waals surface area contributed by atoms with Gasteiger partial charge in [-0.15, -0.1) is 0 Å². The van der Waals surface area contributed by atoms with Crippen molar-refractivity contribution in [2.45, 2.75) is 76.4 Å². The Morgan fingerprint density at radius 1 is 0.944 bits per heavy atom. The molecule has 104 valence electrons. The highest BCUT2D eigenvalue weighted by atomic mass is 16.3. The number of likely N-dealkylation sites (N-methyl/N-ethyl adjacent to an activating group) is 1. The average Bonchev–Trinajstić information content (AvgIpc) is 2.66. The average molecular weight is 253 g/mol. The fourth-order valence-electron chi connectivity index (χ4n) is 3.52. The van der Waals surface area contributed by atoms with E-state index in [2.05, 4.69) is 0 Å². The molecule has 0 radical (unpaired) electrons. The van der Waals surface area contributed by atoms with Crippen LogP contribution in [-0.4, -0.2) is 35.1 Å². The lowest BCUT2D eigenvalue weighted by Gasteiger charge is -2.36. The number of carbonyl (C=O) groups is 1. The first kappa shape index (κ1) is 13.9. The highest BCUT2D eigenvalue weighted by molar-refractivity contribution is 5.79. The predicted molar refractivity (Wildman–Crippen MR) is 72.2 cm³/mol. The molecular weight excluding hydrogens is 226 g/mol. The van der Waals surface area contributed by atoms with Crippen molar-refractivity contribution in [1.29, 1.82) is 0 Å². The minimum absolute atomic E-state index is 0.0644. The number of rotatable bonds is 2. The first-order valence-corrected chi connectivity index (χ1v) is 7.65. The number of nitrogens with zero attached hydrogens (tertiary/aromatic N) is 1. The van der Waals surface area contributed by atoms with Crippen molar-refractivity contribution in [2.24, 2.45) is 5.92 Å². The van der Waals surface area contributed by atoms with Gasteiger partial charge in [0.2, 0.25) is 5.91 Å². The number of carbonyl (C=O) groups excluding carboxylic acids is 1. The number of aliphatic hydroxyl groups excluding tert-OH is 1. The van der Waals surface area contributed by atoms with Gasteiger partial charge in [0.1, 0.15) is 0 Å². The van der Waals surface area contributed by atoms with Crippen LogP contribution in [0.5, 0.6) is 0 Å². The monoisotopic (exact) mass is 253 g/mol. The molecule has 2 rings (SSSR count). The van der Waals surface area contributed by atoms with E-state index in [1.165, 1.54) is 25.7 Å². The molecule has 18 heavy (non-hydrogen) atoms. The Morgan fingerprint density at radius 2 is 1.50 bits per heavy atom. The first-order valence-electron chi connectivity index (χ1n) is 7.65. The van der Waals surface area contributed by atoms with Gasteiger partial charge in [0, 0.05) is 13.0 Å². The Morgan fingerprint density at radius 3 is 2.11 bits per heavy atom. The van der Waals surface area contributed by atoms with Crippen LogP contribution in [0.15, 0.2) is 0 Å². The standard InChI is InChI=1S/C15H27NO2/c1-16(13-10-6-7-11-14(13)17)15(18)12-8-4-2-3-5-9-12/h12-14,17H,2-11H2,1H3. The van der Waals surface area contributed by atoms with Crippen LogP contribution in [0.3, 0.4) is 0 Å². The quantitative estimate of drug-likeness (QED) is 0.769. The normalized spacial score (nSPS) is 30.8. The van der Waals surface area contributed by atoms with Crippen molar-refractivity contribution in [3.05, 3.63) is 0 Å². The number of amides is 1. The smallest absolute Gasteiger partial charge is 0.225 e. The molecule has 0 aromatic rings. The maximum Gasteiger partial charge on any atom is 0.225 e. The Balaban J connectivity index is 1.93. The van der Waals surface area contributed by atoms with Crippen molar-refractivity contribution in [2.75, 3.05) is 7.05 Å². The molecule has 3 nitrogen and oxygen atoms in total. The molecule has 0 aromatic heterocycles. The summed E-state index contributed by atoms with van der Waals surface area (Å²) in [5.41, 5.74) is 0. The van der Waals surface area contributed by atoms with Gasteiger partial charge < -0.3 is 10.0 Å². The van der Waals surface area contributed by atoms with Gasteiger partial charge in [0.25, 0.3) is 0 Å². The van der Waals surface area contributed by atoms with Gasteiger partial charge in [-0.3, -0.25) is 4.79 Å². The second kappa shape index (κ2) is 6.55. The highest BCUT2D eigenvalue weighted by Gasteiger charge is 2.32. The van der Waals surface area contributed by atoms with E-state index in [-0.39, 0.29) is 24.0 Å². The molecule has 2 saturated carbocycles. The Labute approximate surface area is 111 Å². The van der Waals surface area contributed by atoms with Crippen molar-refractivity contribution in [3.8, 4) is 0 Å². The fourth-order valence-corrected chi connectivity index (χ4v) is 3.52. The molecule has 2 unspecified atom stereocenters. The molecule has 2 aliphatic rings. The molecule has 1 N–H and O–H groups in total. The summed E-state index contributed by atoms with van der Waals surface area (Å²) in [6, 6.07) is 0.0644. The van der Waals surface area contributed by atoms with E-state index in [1.807, 2.05) is 11.9 Å². The van der Waals surface area contributed by atoms with Gasteiger partial charge in [0.05, 0.1) is 12.1 Å². The van der Waals surface area contributed by atoms with E-state index in [9.17, 15) is 9.90 Å². The van der Waals surface area contributed by atoms with Gasteiger partial charge in [-0.25, -0.2) is 0 Å². The van der Waals surface area contributed by atoms with Gasteiger partial charge in [-0.05, 0) is 25.7 Å². The summed E-state index contributed by atoms with van der Waals surface area (Å²) in [6.07, 6.45) is 10.8. The fraction of sp³-hybridized carbons (Fsp3) is 0.933. The van der Waals surface area contributed by atoms with Gasteiger partial charge in [-0.2, -0.15) is 0 Å². The van der Waals surface area contributed by atoms with Crippen LogP contribution in [0, 0.1) is 5.92 Å². The maximum atomic E-state index is 12.5. The summed E-state index contributed by atoms with van der Waals surface area (Å²) in [6.45, 7) is 0. The van der Waals surface area contributed by atoms with Crippen molar-refractivity contribution in [1.82, 2.24) is 4.90 Å². The van der Waals surface area contributed by atoms with E-state index >= 15 is 0 Å². The molecule has 0 bridgehead atoms. The Hall–Kier alpha value is -0.570.